The van der Waals surface area contributed by atoms with E-state index in [-0.39, 0.29) is 6.04 Å². The highest BCUT2D eigenvalue weighted by Crippen LogP contribution is 2.20. The molecule has 1 aromatic heterocycles. The van der Waals surface area contributed by atoms with Crippen LogP contribution in [0.1, 0.15) is 11.4 Å². The van der Waals surface area contributed by atoms with E-state index in [2.05, 4.69) is 10.5 Å². The molecule has 0 saturated heterocycles. The molecule has 1 rings (SSSR count). The molecule has 0 aliphatic rings. The van der Waals surface area contributed by atoms with Crippen LogP contribution in [0.2, 0.25) is 5.02 Å². The summed E-state index contributed by atoms with van der Waals surface area (Å²) in [6, 6.07) is 0.0438. The summed E-state index contributed by atoms with van der Waals surface area (Å²) >= 11 is 6.12. The molecular formula is C9H17ClN4O. The number of rotatable bonds is 5. The molecule has 0 fully saturated rings. The van der Waals surface area contributed by atoms with Crippen LogP contribution in [0.25, 0.3) is 0 Å². The Morgan fingerprint density at radius 2 is 2.33 bits per heavy atom. The van der Waals surface area contributed by atoms with E-state index in [1.807, 2.05) is 14.0 Å². The molecule has 86 valence electrons. The quantitative estimate of drug-likeness (QED) is 0.570. The Morgan fingerprint density at radius 3 is 2.73 bits per heavy atom. The van der Waals surface area contributed by atoms with Crippen molar-refractivity contribution < 1.29 is 4.74 Å². The smallest absolute Gasteiger partial charge is 0.0847 e. The average Bonchev–Trinajstić information content (AvgIpc) is 2.44. The first kappa shape index (κ1) is 12.4. The molecule has 0 aromatic carbocycles. The van der Waals surface area contributed by atoms with Crippen LogP contribution in [0.3, 0.4) is 0 Å². The number of hydrazine groups is 1. The van der Waals surface area contributed by atoms with Gasteiger partial charge in [0, 0.05) is 26.6 Å². The first-order chi connectivity index (χ1) is 7.10. The van der Waals surface area contributed by atoms with Crippen LogP contribution < -0.4 is 11.3 Å². The van der Waals surface area contributed by atoms with E-state index in [1.165, 1.54) is 0 Å². The summed E-state index contributed by atoms with van der Waals surface area (Å²) in [6.45, 7) is 2.42. The largest absolute Gasteiger partial charge is 0.383 e. The fourth-order valence-corrected chi connectivity index (χ4v) is 1.74. The van der Waals surface area contributed by atoms with Gasteiger partial charge in [0.15, 0.2) is 0 Å². The van der Waals surface area contributed by atoms with Gasteiger partial charge < -0.3 is 4.74 Å². The number of nitrogens with one attached hydrogen (secondary N) is 1. The SMILES string of the molecule is COCC(Cc1c(Cl)c(C)nn1C)NN. The molecule has 3 N–H and O–H groups in total. The van der Waals surface area contributed by atoms with E-state index in [4.69, 9.17) is 22.2 Å². The first-order valence-corrected chi connectivity index (χ1v) is 5.11. The van der Waals surface area contributed by atoms with Gasteiger partial charge in [-0.1, -0.05) is 11.6 Å². The van der Waals surface area contributed by atoms with Crippen molar-refractivity contribution in [2.24, 2.45) is 12.9 Å². The van der Waals surface area contributed by atoms with E-state index in [0.717, 1.165) is 11.4 Å². The maximum Gasteiger partial charge on any atom is 0.0847 e. The molecule has 1 atom stereocenters. The van der Waals surface area contributed by atoms with Gasteiger partial charge >= 0.3 is 0 Å². The number of ether oxygens (including phenoxy) is 1. The van der Waals surface area contributed by atoms with Crippen molar-refractivity contribution in [3.63, 3.8) is 0 Å². The van der Waals surface area contributed by atoms with Gasteiger partial charge in [-0.15, -0.1) is 0 Å². The lowest BCUT2D eigenvalue weighted by Gasteiger charge is -2.14. The Hall–Kier alpha value is -0.620. The Labute approximate surface area is 94.5 Å². The zero-order valence-corrected chi connectivity index (χ0v) is 10.0. The van der Waals surface area contributed by atoms with Gasteiger partial charge in [-0.3, -0.25) is 16.0 Å². The van der Waals surface area contributed by atoms with E-state index in [1.54, 1.807) is 11.8 Å². The van der Waals surface area contributed by atoms with Crippen LogP contribution in [0.15, 0.2) is 0 Å². The van der Waals surface area contributed by atoms with Gasteiger partial charge in [-0.05, 0) is 6.92 Å². The second-order valence-electron chi connectivity index (χ2n) is 3.49. The van der Waals surface area contributed by atoms with Gasteiger partial charge in [-0.25, -0.2) is 0 Å². The minimum Gasteiger partial charge on any atom is -0.383 e. The number of hydrogen-bond donors (Lipinski definition) is 2. The monoisotopic (exact) mass is 232 g/mol. The van der Waals surface area contributed by atoms with Crippen LogP contribution in [-0.4, -0.2) is 29.5 Å². The van der Waals surface area contributed by atoms with Gasteiger partial charge in [-0.2, -0.15) is 5.10 Å². The minimum atomic E-state index is 0.0438. The summed E-state index contributed by atoms with van der Waals surface area (Å²) in [5.41, 5.74) is 4.49. The number of nitrogens with two attached hydrogens (primary N) is 1. The minimum absolute atomic E-state index is 0.0438. The van der Waals surface area contributed by atoms with Crippen LogP contribution in [0.4, 0.5) is 0 Å². The highest BCUT2D eigenvalue weighted by Gasteiger charge is 2.15. The Balaban J connectivity index is 2.78. The number of halogens is 1. The fourth-order valence-electron chi connectivity index (χ4n) is 1.50. The Morgan fingerprint density at radius 1 is 1.67 bits per heavy atom. The maximum atomic E-state index is 6.12. The molecule has 0 aliphatic carbocycles. The predicted molar refractivity (Wildman–Crippen MR) is 59.6 cm³/mol. The molecule has 0 radical (unpaired) electrons. The number of aryl methyl sites for hydroxylation is 2. The molecule has 5 nitrogen and oxygen atoms in total. The number of aromatic nitrogens is 2. The summed E-state index contributed by atoms with van der Waals surface area (Å²) < 4.78 is 6.81. The van der Waals surface area contributed by atoms with Gasteiger partial charge in [0.2, 0.25) is 0 Å². The van der Waals surface area contributed by atoms with E-state index >= 15 is 0 Å². The van der Waals surface area contributed by atoms with Gasteiger partial charge in [0.05, 0.1) is 23.0 Å². The van der Waals surface area contributed by atoms with Crippen molar-refractivity contribution in [3.8, 4) is 0 Å². The average molecular weight is 233 g/mol. The number of nitrogens with zero attached hydrogens (tertiary/aromatic N) is 2. The van der Waals surface area contributed by atoms with Crippen LogP contribution in [0.5, 0.6) is 0 Å². The van der Waals surface area contributed by atoms with E-state index in [0.29, 0.717) is 18.1 Å². The molecule has 1 aromatic rings. The van der Waals surface area contributed by atoms with Crippen molar-refractivity contribution in [3.05, 3.63) is 16.4 Å². The van der Waals surface area contributed by atoms with Gasteiger partial charge in [0.25, 0.3) is 0 Å². The Kier molecular flexibility index (Phi) is 4.53. The molecular weight excluding hydrogens is 216 g/mol. The second kappa shape index (κ2) is 5.46. The number of hydrogen-bond acceptors (Lipinski definition) is 4. The van der Waals surface area contributed by atoms with E-state index in [9.17, 15) is 0 Å². The summed E-state index contributed by atoms with van der Waals surface area (Å²) in [5.74, 6) is 5.41. The van der Waals surface area contributed by atoms with Crippen LogP contribution >= 0.6 is 11.6 Å². The van der Waals surface area contributed by atoms with Crippen LogP contribution in [-0.2, 0) is 18.2 Å². The van der Waals surface area contributed by atoms with Crippen molar-refractivity contribution >= 4 is 11.6 Å². The third kappa shape index (κ3) is 2.92. The fraction of sp³-hybridized carbons (Fsp3) is 0.667. The molecule has 0 aliphatic heterocycles. The summed E-state index contributed by atoms with van der Waals surface area (Å²) in [7, 11) is 3.51. The lowest BCUT2D eigenvalue weighted by Crippen LogP contribution is -2.40. The maximum absolute atomic E-state index is 6.12. The molecule has 1 heterocycles. The Bertz CT molecular complexity index is 326. The zero-order chi connectivity index (χ0) is 11.4. The first-order valence-electron chi connectivity index (χ1n) is 4.73. The predicted octanol–water partition coefficient (Wildman–Crippen LogP) is 0.403. The van der Waals surface area contributed by atoms with Crippen molar-refractivity contribution in [1.29, 1.82) is 0 Å². The van der Waals surface area contributed by atoms with E-state index < -0.39 is 0 Å². The normalized spacial score (nSPS) is 13.1. The molecule has 15 heavy (non-hydrogen) atoms. The topological polar surface area (TPSA) is 65.1 Å². The lowest BCUT2D eigenvalue weighted by molar-refractivity contribution is 0.165. The molecule has 0 saturated carbocycles. The molecule has 1 unspecified atom stereocenters. The lowest BCUT2D eigenvalue weighted by atomic mass is 10.1. The zero-order valence-electron chi connectivity index (χ0n) is 9.25. The van der Waals surface area contributed by atoms with Crippen molar-refractivity contribution in [2.75, 3.05) is 13.7 Å². The highest BCUT2D eigenvalue weighted by molar-refractivity contribution is 6.31. The second-order valence-corrected chi connectivity index (χ2v) is 3.87. The van der Waals surface area contributed by atoms with Crippen molar-refractivity contribution in [1.82, 2.24) is 15.2 Å². The molecule has 0 amide bonds. The molecule has 0 bridgehead atoms. The standard InChI is InChI=1S/C9H17ClN4O/c1-6-9(10)8(14(2)13-6)4-7(12-11)5-15-3/h7,12H,4-5,11H2,1-3H3. The molecule has 6 heteroatoms. The molecule has 0 spiro atoms. The number of methoxy groups -OCH3 is 1. The summed E-state index contributed by atoms with van der Waals surface area (Å²) in [6.07, 6.45) is 0.695. The third-order valence-electron chi connectivity index (χ3n) is 2.30. The highest BCUT2D eigenvalue weighted by atomic mass is 35.5. The van der Waals surface area contributed by atoms with Crippen molar-refractivity contribution in [2.45, 2.75) is 19.4 Å². The van der Waals surface area contributed by atoms with Crippen LogP contribution in [0, 0.1) is 6.92 Å². The third-order valence-corrected chi connectivity index (χ3v) is 2.80. The summed E-state index contributed by atoms with van der Waals surface area (Å²) in [5, 5.41) is 4.94. The summed E-state index contributed by atoms with van der Waals surface area (Å²) in [4.78, 5) is 0. The van der Waals surface area contributed by atoms with Gasteiger partial charge in [0.1, 0.15) is 0 Å².